The standard InChI is InChI=1S/C15H14FN3O3/c1-3-8-17-13(20)9-18-14(21)10(2)19(15(18)22)12-6-4-11(16)5-7-12/h1,4-7,10H,8-9H2,2H3,(H,17,20). The molecule has 1 unspecified atom stereocenters. The van der Waals surface area contributed by atoms with Crippen LogP contribution in [0.5, 0.6) is 0 Å². The number of imide groups is 1. The van der Waals surface area contributed by atoms with Crippen molar-refractivity contribution in [3.63, 3.8) is 0 Å². The number of carbonyl (C=O) groups is 3. The molecule has 0 saturated carbocycles. The van der Waals surface area contributed by atoms with Crippen LogP contribution in [0.15, 0.2) is 24.3 Å². The lowest BCUT2D eigenvalue weighted by molar-refractivity contribution is -0.131. The molecule has 0 spiro atoms. The molecule has 1 aromatic carbocycles. The van der Waals surface area contributed by atoms with E-state index in [1.165, 1.54) is 29.2 Å². The van der Waals surface area contributed by atoms with Crippen LogP contribution in [-0.4, -0.2) is 41.9 Å². The Kier molecular flexibility index (Phi) is 4.41. The number of nitrogens with zero attached hydrogens (tertiary/aromatic N) is 2. The first-order valence-corrected chi connectivity index (χ1v) is 6.56. The number of anilines is 1. The molecule has 1 N–H and O–H groups in total. The van der Waals surface area contributed by atoms with Gasteiger partial charge < -0.3 is 5.32 Å². The summed E-state index contributed by atoms with van der Waals surface area (Å²) < 4.78 is 13.0. The van der Waals surface area contributed by atoms with Gasteiger partial charge in [0.15, 0.2) is 0 Å². The van der Waals surface area contributed by atoms with E-state index in [4.69, 9.17) is 6.42 Å². The van der Waals surface area contributed by atoms with Crippen LogP contribution in [0.4, 0.5) is 14.9 Å². The third kappa shape index (κ3) is 2.91. The third-order valence-corrected chi connectivity index (χ3v) is 3.24. The molecule has 1 fully saturated rings. The predicted molar refractivity (Wildman–Crippen MR) is 77.3 cm³/mol. The van der Waals surface area contributed by atoms with Crippen molar-refractivity contribution in [2.24, 2.45) is 0 Å². The fourth-order valence-electron chi connectivity index (χ4n) is 2.16. The third-order valence-electron chi connectivity index (χ3n) is 3.24. The number of terminal acetylenes is 1. The molecule has 0 aliphatic carbocycles. The Hall–Kier alpha value is -2.88. The molecule has 1 saturated heterocycles. The maximum Gasteiger partial charge on any atom is 0.332 e. The summed E-state index contributed by atoms with van der Waals surface area (Å²) in [6.45, 7) is 1.16. The first-order chi connectivity index (χ1) is 10.5. The number of urea groups is 1. The number of nitrogens with one attached hydrogen (secondary N) is 1. The molecule has 114 valence electrons. The number of amides is 4. The highest BCUT2D eigenvalue weighted by Gasteiger charge is 2.43. The minimum absolute atomic E-state index is 0.0201. The van der Waals surface area contributed by atoms with Gasteiger partial charge in [0.1, 0.15) is 18.4 Å². The topological polar surface area (TPSA) is 69.7 Å². The summed E-state index contributed by atoms with van der Waals surface area (Å²) in [6.07, 6.45) is 5.02. The molecule has 4 amide bonds. The second-order valence-corrected chi connectivity index (χ2v) is 4.71. The smallest absolute Gasteiger partial charge is 0.332 e. The van der Waals surface area contributed by atoms with Gasteiger partial charge in [0.25, 0.3) is 5.91 Å². The lowest BCUT2D eigenvalue weighted by Gasteiger charge is -2.19. The zero-order chi connectivity index (χ0) is 16.3. The average molecular weight is 303 g/mol. The number of hydrogen-bond donors (Lipinski definition) is 1. The summed E-state index contributed by atoms with van der Waals surface area (Å²) in [6, 6.07) is 3.81. The minimum atomic E-state index is -0.765. The SMILES string of the molecule is C#CCNC(=O)CN1C(=O)C(C)N(c2ccc(F)cc2)C1=O. The van der Waals surface area contributed by atoms with Crippen molar-refractivity contribution < 1.29 is 18.8 Å². The minimum Gasteiger partial charge on any atom is -0.344 e. The lowest BCUT2D eigenvalue weighted by atomic mass is 10.2. The summed E-state index contributed by atoms with van der Waals surface area (Å²) in [4.78, 5) is 38.2. The summed E-state index contributed by atoms with van der Waals surface area (Å²) >= 11 is 0. The van der Waals surface area contributed by atoms with E-state index in [1.807, 2.05) is 0 Å². The van der Waals surface area contributed by atoms with Crippen LogP contribution in [0.1, 0.15) is 6.92 Å². The van der Waals surface area contributed by atoms with Gasteiger partial charge in [-0.05, 0) is 31.2 Å². The van der Waals surface area contributed by atoms with Crippen molar-refractivity contribution >= 4 is 23.5 Å². The molecule has 0 aromatic heterocycles. The molecule has 0 bridgehead atoms. The summed E-state index contributed by atoms with van der Waals surface area (Å²) in [7, 11) is 0. The molecule has 1 atom stereocenters. The van der Waals surface area contributed by atoms with E-state index in [1.54, 1.807) is 6.92 Å². The fourth-order valence-corrected chi connectivity index (χ4v) is 2.16. The molecule has 2 rings (SSSR count). The fraction of sp³-hybridized carbons (Fsp3) is 0.267. The second kappa shape index (κ2) is 6.26. The van der Waals surface area contributed by atoms with Crippen LogP contribution >= 0.6 is 0 Å². The number of hydrogen-bond acceptors (Lipinski definition) is 3. The maximum atomic E-state index is 13.0. The monoisotopic (exact) mass is 303 g/mol. The Morgan fingerprint density at radius 3 is 2.59 bits per heavy atom. The van der Waals surface area contributed by atoms with Crippen molar-refractivity contribution in [1.29, 1.82) is 0 Å². The van der Waals surface area contributed by atoms with Gasteiger partial charge in [-0.1, -0.05) is 5.92 Å². The van der Waals surface area contributed by atoms with E-state index in [0.717, 1.165) is 4.90 Å². The number of rotatable bonds is 4. The van der Waals surface area contributed by atoms with Gasteiger partial charge in [0, 0.05) is 5.69 Å². The summed E-state index contributed by atoms with van der Waals surface area (Å²) in [5.41, 5.74) is 0.388. The Bertz CT molecular complexity index is 651. The number of carbonyl (C=O) groups excluding carboxylic acids is 3. The Morgan fingerprint density at radius 1 is 1.36 bits per heavy atom. The Balaban J connectivity index is 2.17. The molecule has 22 heavy (non-hydrogen) atoms. The van der Waals surface area contributed by atoms with Gasteiger partial charge in [-0.15, -0.1) is 6.42 Å². The predicted octanol–water partition coefficient (Wildman–Crippen LogP) is 0.732. The van der Waals surface area contributed by atoms with Gasteiger partial charge in [-0.25, -0.2) is 9.18 Å². The Morgan fingerprint density at radius 2 is 2.00 bits per heavy atom. The molecular formula is C15H14FN3O3. The normalized spacial score (nSPS) is 17.6. The second-order valence-electron chi connectivity index (χ2n) is 4.71. The summed E-state index contributed by atoms with van der Waals surface area (Å²) in [5.74, 6) is 0.768. The van der Waals surface area contributed by atoms with Crippen molar-refractivity contribution in [3.8, 4) is 12.3 Å². The average Bonchev–Trinajstić information content (AvgIpc) is 2.70. The molecule has 1 heterocycles. The maximum absolute atomic E-state index is 13.0. The first kappa shape index (κ1) is 15.5. The number of benzene rings is 1. The number of halogens is 1. The van der Waals surface area contributed by atoms with Crippen LogP contribution in [0.2, 0.25) is 0 Å². The zero-order valence-corrected chi connectivity index (χ0v) is 11.9. The highest BCUT2D eigenvalue weighted by atomic mass is 19.1. The van der Waals surface area contributed by atoms with Crippen molar-refractivity contribution in [1.82, 2.24) is 10.2 Å². The van der Waals surface area contributed by atoms with E-state index < -0.39 is 36.2 Å². The van der Waals surface area contributed by atoms with Crippen LogP contribution in [0.3, 0.4) is 0 Å². The van der Waals surface area contributed by atoms with Gasteiger partial charge >= 0.3 is 6.03 Å². The van der Waals surface area contributed by atoms with Crippen LogP contribution in [0, 0.1) is 18.2 Å². The highest BCUT2D eigenvalue weighted by Crippen LogP contribution is 2.25. The Labute approximate surface area is 126 Å². The summed E-state index contributed by atoms with van der Waals surface area (Å²) in [5, 5.41) is 2.39. The van der Waals surface area contributed by atoms with Crippen LogP contribution in [-0.2, 0) is 9.59 Å². The molecule has 0 radical (unpaired) electrons. The van der Waals surface area contributed by atoms with Crippen molar-refractivity contribution in [2.75, 3.05) is 18.0 Å². The van der Waals surface area contributed by atoms with E-state index in [0.29, 0.717) is 5.69 Å². The van der Waals surface area contributed by atoms with E-state index >= 15 is 0 Å². The van der Waals surface area contributed by atoms with Gasteiger partial charge in [0.2, 0.25) is 5.91 Å². The quantitative estimate of drug-likeness (QED) is 0.658. The van der Waals surface area contributed by atoms with E-state index in [2.05, 4.69) is 11.2 Å². The molecule has 1 aromatic rings. The molecule has 1 aliphatic heterocycles. The molecule has 7 heteroatoms. The van der Waals surface area contributed by atoms with Crippen LogP contribution in [0.25, 0.3) is 0 Å². The van der Waals surface area contributed by atoms with Gasteiger partial charge in [-0.2, -0.15) is 0 Å². The lowest BCUT2D eigenvalue weighted by Crippen LogP contribution is -2.41. The van der Waals surface area contributed by atoms with E-state index in [9.17, 15) is 18.8 Å². The van der Waals surface area contributed by atoms with Crippen LogP contribution < -0.4 is 10.2 Å². The highest BCUT2D eigenvalue weighted by molar-refractivity contribution is 6.15. The zero-order valence-electron chi connectivity index (χ0n) is 11.9. The van der Waals surface area contributed by atoms with Crippen molar-refractivity contribution in [2.45, 2.75) is 13.0 Å². The van der Waals surface area contributed by atoms with Gasteiger partial charge in [0.05, 0.1) is 6.54 Å². The first-order valence-electron chi connectivity index (χ1n) is 6.56. The molecule has 6 nitrogen and oxygen atoms in total. The molecule has 1 aliphatic rings. The van der Waals surface area contributed by atoms with Gasteiger partial charge in [-0.3, -0.25) is 19.4 Å². The molecular weight excluding hydrogens is 289 g/mol. The largest absolute Gasteiger partial charge is 0.344 e. The van der Waals surface area contributed by atoms with Crippen molar-refractivity contribution in [3.05, 3.63) is 30.1 Å². The van der Waals surface area contributed by atoms with E-state index in [-0.39, 0.29) is 6.54 Å².